The minimum Gasteiger partial charge on any atom is -0.444 e. The molecular formula is C17H26N2O3. The molecule has 1 atom stereocenters. The minimum atomic E-state index is -0.466. The number of aliphatic hydroxyl groups is 1. The van der Waals surface area contributed by atoms with E-state index in [1.54, 1.807) is 0 Å². The van der Waals surface area contributed by atoms with Gasteiger partial charge in [-0.25, -0.2) is 4.79 Å². The van der Waals surface area contributed by atoms with Crippen molar-refractivity contribution in [2.24, 2.45) is 5.92 Å². The normalized spacial score (nSPS) is 18.4. The predicted octanol–water partition coefficient (Wildman–Crippen LogP) is 2.53. The van der Waals surface area contributed by atoms with E-state index in [1.807, 2.05) is 45.0 Å². The van der Waals surface area contributed by atoms with Crippen LogP contribution in [0, 0.1) is 5.92 Å². The predicted molar refractivity (Wildman–Crippen MR) is 86.9 cm³/mol. The Kier molecular flexibility index (Phi) is 5.29. The van der Waals surface area contributed by atoms with E-state index in [0.717, 1.165) is 30.8 Å². The van der Waals surface area contributed by atoms with Gasteiger partial charge in [0.1, 0.15) is 5.60 Å². The Morgan fingerprint density at radius 3 is 2.82 bits per heavy atom. The largest absolute Gasteiger partial charge is 0.444 e. The third-order valence-electron chi connectivity index (χ3n) is 3.72. The highest BCUT2D eigenvalue weighted by Gasteiger charge is 2.25. The van der Waals surface area contributed by atoms with Crippen molar-refractivity contribution in [2.75, 3.05) is 24.5 Å². The second-order valence-electron chi connectivity index (χ2n) is 6.77. The Bertz CT molecular complexity index is 511. The van der Waals surface area contributed by atoms with Gasteiger partial charge in [-0.3, -0.25) is 0 Å². The molecule has 0 aromatic heterocycles. The topological polar surface area (TPSA) is 61.8 Å². The number of ether oxygens (including phenoxy) is 1. The molecule has 5 nitrogen and oxygen atoms in total. The number of nitrogens with one attached hydrogen (secondary N) is 1. The lowest BCUT2D eigenvalue weighted by Gasteiger charge is -2.22. The van der Waals surface area contributed by atoms with E-state index >= 15 is 0 Å². The summed E-state index contributed by atoms with van der Waals surface area (Å²) in [6, 6.07) is 7.91. The number of hydrogen-bond acceptors (Lipinski definition) is 4. The lowest BCUT2D eigenvalue weighted by Crippen LogP contribution is -2.36. The molecule has 0 spiro atoms. The number of aliphatic hydroxyl groups excluding tert-OH is 1. The van der Waals surface area contributed by atoms with Gasteiger partial charge in [-0.15, -0.1) is 0 Å². The van der Waals surface area contributed by atoms with E-state index < -0.39 is 5.60 Å². The average Bonchev–Trinajstić information content (AvgIpc) is 2.92. The molecule has 122 valence electrons. The molecule has 0 saturated carbocycles. The zero-order valence-electron chi connectivity index (χ0n) is 13.6. The molecule has 22 heavy (non-hydrogen) atoms. The maximum absolute atomic E-state index is 11.7. The van der Waals surface area contributed by atoms with Crippen molar-refractivity contribution in [2.45, 2.75) is 39.4 Å². The molecule has 1 amide bonds. The number of carbonyl (C=O) groups excluding carboxylic acids is 1. The van der Waals surface area contributed by atoms with Crippen molar-refractivity contribution in [3.63, 3.8) is 0 Å². The van der Waals surface area contributed by atoms with Crippen LogP contribution in [0.1, 0.15) is 32.8 Å². The van der Waals surface area contributed by atoms with Crippen LogP contribution in [0.5, 0.6) is 0 Å². The fourth-order valence-corrected chi connectivity index (χ4v) is 2.71. The number of anilines is 1. The number of rotatable bonds is 4. The lowest BCUT2D eigenvalue weighted by atomic mass is 10.1. The number of carbonyl (C=O) groups is 1. The monoisotopic (exact) mass is 306 g/mol. The van der Waals surface area contributed by atoms with Gasteiger partial charge in [0.15, 0.2) is 0 Å². The Hall–Kier alpha value is -1.75. The van der Waals surface area contributed by atoms with Crippen molar-refractivity contribution in [1.29, 1.82) is 0 Å². The fraction of sp³-hybridized carbons (Fsp3) is 0.588. The van der Waals surface area contributed by atoms with Gasteiger partial charge < -0.3 is 20.1 Å². The molecule has 1 fully saturated rings. The minimum absolute atomic E-state index is 0.0491. The number of hydrogen-bond donors (Lipinski definition) is 2. The number of alkyl carbamates (subject to hydrolysis) is 1. The Balaban J connectivity index is 1.84. The van der Waals surface area contributed by atoms with Crippen LogP contribution in [-0.4, -0.2) is 36.4 Å². The first-order valence-electron chi connectivity index (χ1n) is 7.79. The summed E-state index contributed by atoms with van der Waals surface area (Å²) in [7, 11) is 0. The second-order valence-corrected chi connectivity index (χ2v) is 6.77. The quantitative estimate of drug-likeness (QED) is 0.897. The number of para-hydroxylation sites is 1. The summed E-state index contributed by atoms with van der Waals surface area (Å²) in [6.45, 7) is 8.06. The van der Waals surface area contributed by atoms with Crippen LogP contribution in [0.3, 0.4) is 0 Å². The second kappa shape index (κ2) is 7.01. The maximum atomic E-state index is 11.7. The van der Waals surface area contributed by atoms with E-state index in [-0.39, 0.29) is 12.7 Å². The molecule has 1 saturated heterocycles. The van der Waals surface area contributed by atoms with E-state index in [2.05, 4.69) is 10.2 Å². The first-order valence-corrected chi connectivity index (χ1v) is 7.79. The highest BCUT2D eigenvalue weighted by Crippen LogP contribution is 2.26. The van der Waals surface area contributed by atoms with Crippen LogP contribution in [0.15, 0.2) is 24.3 Å². The molecule has 0 bridgehead atoms. The van der Waals surface area contributed by atoms with Crippen molar-refractivity contribution in [3.8, 4) is 0 Å². The third-order valence-corrected chi connectivity index (χ3v) is 3.72. The summed E-state index contributed by atoms with van der Waals surface area (Å²) in [5.74, 6) is 0.402. The summed E-state index contributed by atoms with van der Waals surface area (Å²) < 4.78 is 5.25. The molecule has 0 radical (unpaired) electrons. The molecule has 1 aliphatic rings. The highest BCUT2D eigenvalue weighted by atomic mass is 16.6. The van der Waals surface area contributed by atoms with Gasteiger partial charge in [-0.1, -0.05) is 18.2 Å². The number of amides is 1. The van der Waals surface area contributed by atoms with E-state index in [9.17, 15) is 9.90 Å². The molecule has 1 aliphatic heterocycles. The van der Waals surface area contributed by atoms with Crippen LogP contribution < -0.4 is 10.2 Å². The van der Waals surface area contributed by atoms with Crippen molar-refractivity contribution in [1.82, 2.24) is 5.32 Å². The molecule has 1 unspecified atom stereocenters. The SMILES string of the molecule is CC(C)(C)OC(=O)NCC1CCN(c2ccccc2CO)C1. The van der Waals surface area contributed by atoms with Gasteiger partial charge in [-0.2, -0.15) is 0 Å². The molecule has 0 aliphatic carbocycles. The van der Waals surface area contributed by atoms with Gasteiger partial charge in [0.05, 0.1) is 6.61 Å². The first-order chi connectivity index (χ1) is 10.4. The molecule has 1 heterocycles. The first kappa shape index (κ1) is 16.6. The number of nitrogens with zero attached hydrogens (tertiary/aromatic N) is 1. The van der Waals surface area contributed by atoms with Gasteiger partial charge in [0.2, 0.25) is 0 Å². The van der Waals surface area contributed by atoms with Crippen molar-refractivity contribution < 1.29 is 14.6 Å². The Labute approximate surface area is 132 Å². The lowest BCUT2D eigenvalue weighted by molar-refractivity contribution is 0.0520. The Morgan fingerprint density at radius 2 is 2.14 bits per heavy atom. The van der Waals surface area contributed by atoms with Crippen molar-refractivity contribution >= 4 is 11.8 Å². The fourth-order valence-electron chi connectivity index (χ4n) is 2.71. The van der Waals surface area contributed by atoms with E-state index in [1.165, 1.54) is 0 Å². The van der Waals surface area contributed by atoms with Gasteiger partial charge in [-0.05, 0) is 39.2 Å². The summed E-state index contributed by atoms with van der Waals surface area (Å²) in [5, 5.41) is 12.3. The van der Waals surface area contributed by atoms with Crippen molar-refractivity contribution in [3.05, 3.63) is 29.8 Å². The summed E-state index contributed by atoms with van der Waals surface area (Å²) >= 11 is 0. The van der Waals surface area contributed by atoms with E-state index in [4.69, 9.17) is 4.74 Å². The van der Waals surface area contributed by atoms with Crippen LogP contribution in [-0.2, 0) is 11.3 Å². The van der Waals surface area contributed by atoms with Gasteiger partial charge in [0, 0.05) is 30.9 Å². The standard InChI is InChI=1S/C17H26N2O3/c1-17(2,3)22-16(21)18-10-13-8-9-19(11-13)15-7-5-4-6-14(15)12-20/h4-7,13,20H,8-12H2,1-3H3,(H,18,21). The van der Waals surface area contributed by atoms with Gasteiger partial charge >= 0.3 is 6.09 Å². The maximum Gasteiger partial charge on any atom is 0.407 e. The smallest absolute Gasteiger partial charge is 0.407 e. The average molecular weight is 306 g/mol. The van der Waals surface area contributed by atoms with E-state index in [0.29, 0.717) is 12.5 Å². The summed E-state index contributed by atoms with van der Waals surface area (Å²) in [4.78, 5) is 14.0. The molecule has 5 heteroatoms. The molecule has 1 aromatic carbocycles. The highest BCUT2D eigenvalue weighted by molar-refractivity contribution is 5.67. The Morgan fingerprint density at radius 1 is 1.41 bits per heavy atom. The number of benzene rings is 1. The molecule has 2 rings (SSSR count). The van der Waals surface area contributed by atoms with Crippen LogP contribution in [0.25, 0.3) is 0 Å². The van der Waals surface area contributed by atoms with Crippen LogP contribution in [0.2, 0.25) is 0 Å². The zero-order chi connectivity index (χ0) is 16.2. The molecule has 1 aromatic rings. The molecular weight excluding hydrogens is 280 g/mol. The van der Waals surface area contributed by atoms with Gasteiger partial charge in [0.25, 0.3) is 0 Å². The van der Waals surface area contributed by atoms with Crippen LogP contribution in [0.4, 0.5) is 10.5 Å². The zero-order valence-corrected chi connectivity index (χ0v) is 13.6. The van der Waals surface area contributed by atoms with Crippen LogP contribution >= 0.6 is 0 Å². The third kappa shape index (κ3) is 4.63. The molecule has 2 N–H and O–H groups in total. The summed E-state index contributed by atoms with van der Waals surface area (Å²) in [6.07, 6.45) is 0.664. The summed E-state index contributed by atoms with van der Waals surface area (Å²) in [5.41, 5.74) is 1.57.